The third kappa shape index (κ3) is 2.07. The summed E-state index contributed by atoms with van der Waals surface area (Å²) in [5.41, 5.74) is 2.11. The lowest BCUT2D eigenvalue weighted by molar-refractivity contribution is 0.906. The molecular weight excluding hydrogens is 274 g/mol. The highest BCUT2D eigenvalue weighted by Crippen LogP contribution is 2.24. The average molecular weight is 289 g/mol. The summed E-state index contributed by atoms with van der Waals surface area (Å²) >= 11 is 0. The Balaban J connectivity index is 1.75. The number of hydrogen-bond donors (Lipinski definition) is 1. The summed E-state index contributed by atoms with van der Waals surface area (Å²) in [5.74, 6) is 0.928. The number of aromatic nitrogens is 4. The SMILES string of the molecule is CN(Cc1cccc2cnccc12)c1ncnc2[nH]ccc12. The van der Waals surface area contributed by atoms with Crippen molar-refractivity contribution in [2.75, 3.05) is 11.9 Å². The van der Waals surface area contributed by atoms with Crippen molar-refractivity contribution < 1.29 is 0 Å². The minimum Gasteiger partial charge on any atom is -0.355 e. The van der Waals surface area contributed by atoms with Crippen molar-refractivity contribution in [1.29, 1.82) is 0 Å². The van der Waals surface area contributed by atoms with Gasteiger partial charge in [0.05, 0.1) is 5.39 Å². The Morgan fingerprint density at radius 1 is 1.09 bits per heavy atom. The summed E-state index contributed by atoms with van der Waals surface area (Å²) in [7, 11) is 2.05. The van der Waals surface area contributed by atoms with Gasteiger partial charge < -0.3 is 9.88 Å². The van der Waals surface area contributed by atoms with Gasteiger partial charge in [-0.25, -0.2) is 9.97 Å². The van der Waals surface area contributed by atoms with Gasteiger partial charge in [0.1, 0.15) is 17.8 Å². The van der Waals surface area contributed by atoms with E-state index in [9.17, 15) is 0 Å². The molecule has 1 N–H and O–H groups in total. The van der Waals surface area contributed by atoms with E-state index in [2.05, 4.69) is 56.1 Å². The molecule has 0 bridgehead atoms. The molecule has 1 aromatic carbocycles. The van der Waals surface area contributed by atoms with Crippen LogP contribution in [0.2, 0.25) is 0 Å². The van der Waals surface area contributed by atoms with Crippen molar-refractivity contribution in [3.05, 3.63) is 60.8 Å². The Morgan fingerprint density at radius 2 is 2.05 bits per heavy atom. The van der Waals surface area contributed by atoms with Gasteiger partial charge in [0.15, 0.2) is 0 Å². The maximum atomic E-state index is 4.44. The van der Waals surface area contributed by atoms with E-state index >= 15 is 0 Å². The second kappa shape index (κ2) is 5.11. The summed E-state index contributed by atoms with van der Waals surface area (Å²) in [6.07, 6.45) is 7.21. The molecule has 3 aromatic heterocycles. The first-order valence-electron chi connectivity index (χ1n) is 7.14. The van der Waals surface area contributed by atoms with E-state index in [-0.39, 0.29) is 0 Å². The smallest absolute Gasteiger partial charge is 0.142 e. The van der Waals surface area contributed by atoms with E-state index in [0.29, 0.717) is 0 Å². The monoisotopic (exact) mass is 289 g/mol. The number of benzene rings is 1. The second-order valence-electron chi connectivity index (χ2n) is 5.31. The zero-order valence-electron chi connectivity index (χ0n) is 12.2. The van der Waals surface area contributed by atoms with Crippen LogP contribution in [0.15, 0.2) is 55.2 Å². The molecular formula is C17H15N5. The molecule has 4 rings (SSSR count). The quantitative estimate of drug-likeness (QED) is 0.629. The molecule has 0 spiro atoms. The van der Waals surface area contributed by atoms with Gasteiger partial charge in [-0.15, -0.1) is 0 Å². The van der Waals surface area contributed by atoms with E-state index in [0.717, 1.165) is 28.8 Å². The third-order valence-corrected chi connectivity index (χ3v) is 3.87. The van der Waals surface area contributed by atoms with Crippen molar-refractivity contribution >= 4 is 27.6 Å². The Bertz CT molecular complexity index is 939. The van der Waals surface area contributed by atoms with Crippen molar-refractivity contribution in [2.24, 2.45) is 0 Å². The van der Waals surface area contributed by atoms with E-state index in [1.54, 1.807) is 6.33 Å². The number of nitrogens with one attached hydrogen (secondary N) is 1. The number of nitrogens with zero attached hydrogens (tertiary/aromatic N) is 4. The van der Waals surface area contributed by atoms with Crippen molar-refractivity contribution in [3.63, 3.8) is 0 Å². The average Bonchev–Trinajstić information content (AvgIpc) is 3.03. The molecule has 0 unspecified atom stereocenters. The van der Waals surface area contributed by atoms with Crippen LogP contribution in [0.1, 0.15) is 5.56 Å². The maximum Gasteiger partial charge on any atom is 0.142 e. The van der Waals surface area contributed by atoms with Crippen molar-refractivity contribution in [2.45, 2.75) is 6.54 Å². The van der Waals surface area contributed by atoms with Crippen molar-refractivity contribution in [3.8, 4) is 0 Å². The van der Waals surface area contributed by atoms with Crippen LogP contribution < -0.4 is 4.90 Å². The number of pyridine rings is 1. The predicted molar refractivity (Wildman–Crippen MR) is 87.7 cm³/mol. The molecule has 0 atom stereocenters. The Labute approximate surface area is 127 Å². The van der Waals surface area contributed by atoms with Crippen LogP contribution in [0, 0.1) is 0 Å². The predicted octanol–water partition coefficient (Wildman–Crippen LogP) is 3.14. The number of aromatic amines is 1. The second-order valence-corrected chi connectivity index (χ2v) is 5.31. The van der Waals surface area contributed by atoms with E-state index in [1.165, 1.54) is 10.9 Å². The lowest BCUT2D eigenvalue weighted by Gasteiger charge is -2.19. The molecule has 0 saturated heterocycles. The zero-order valence-corrected chi connectivity index (χ0v) is 12.2. The summed E-state index contributed by atoms with van der Waals surface area (Å²) in [4.78, 5) is 18.1. The highest BCUT2D eigenvalue weighted by atomic mass is 15.2. The molecule has 4 aromatic rings. The third-order valence-electron chi connectivity index (χ3n) is 3.87. The first-order chi connectivity index (χ1) is 10.8. The summed E-state index contributed by atoms with van der Waals surface area (Å²) in [5, 5.41) is 3.42. The van der Waals surface area contributed by atoms with E-state index in [4.69, 9.17) is 0 Å². The highest BCUT2D eigenvalue weighted by molar-refractivity contribution is 5.88. The molecule has 0 saturated carbocycles. The molecule has 0 amide bonds. The van der Waals surface area contributed by atoms with Gasteiger partial charge >= 0.3 is 0 Å². The fourth-order valence-corrected chi connectivity index (χ4v) is 2.82. The van der Waals surface area contributed by atoms with Gasteiger partial charge in [-0.1, -0.05) is 18.2 Å². The van der Waals surface area contributed by atoms with E-state index < -0.39 is 0 Å². The summed E-state index contributed by atoms with van der Waals surface area (Å²) in [6.45, 7) is 0.776. The first-order valence-corrected chi connectivity index (χ1v) is 7.14. The number of H-pyrrole nitrogens is 1. The number of rotatable bonds is 3. The fourth-order valence-electron chi connectivity index (χ4n) is 2.82. The number of hydrogen-bond acceptors (Lipinski definition) is 4. The van der Waals surface area contributed by atoms with Crippen molar-refractivity contribution in [1.82, 2.24) is 19.9 Å². The van der Waals surface area contributed by atoms with Gasteiger partial charge in [-0.2, -0.15) is 0 Å². The number of anilines is 1. The molecule has 108 valence electrons. The van der Waals surface area contributed by atoms with Gasteiger partial charge in [-0.3, -0.25) is 4.98 Å². The van der Waals surface area contributed by atoms with Gasteiger partial charge in [0.2, 0.25) is 0 Å². The van der Waals surface area contributed by atoms with Crippen LogP contribution in [0.25, 0.3) is 21.8 Å². The van der Waals surface area contributed by atoms with E-state index in [1.807, 2.05) is 24.7 Å². The molecule has 0 aliphatic rings. The van der Waals surface area contributed by atoms with Crippen LogP contribution in [-0.2, 0) is 6.54 Å². The summed E-state index contributed by atoms with van der Waals surface area (Å²) in [6, 6.07) is 10.4. The minimum absolute atomic E-state index is 0.776. The van der Waals surface area contributed by atoms with Gasteiger partial charge in [0.25, 0.3) is 0 Å². The molecule has 0 aliphatic heterocycles. The lowest BCUT2D eigenvalue weighted by atomic mass is 10.1. The molecule has 3 heterocycles. The molecule has 22 heavy (non-hydrogen) atoms. The van der Waals surface area contributed by atoms with Crippen LogP contribution in [0.3, 0.4) is 0 Å². The summed E-state index contributed by atoms with van der Waals surface area (Å²) < 4.78 is 0. The molecule has 0 aliphatic carbocycles. The molecule has 0 fully saturated rings. The molecule has 5 nitrogen and oxygen atoms in total. The Kier molecular flexibility index (Phi) is 2.96. The lowest BCUT2D eigenvalue weighted by Crippen LogP contribution is -2.18. The first kappa shape index (κ1) is 12.8. The van der Waals surface area contributed by atoms with Crippen LogP contribution in [-0.4, -0.2) is 27.0 Å². The number of fused-ring (bicyclic) bond motifs is 2. The Morgan fingerprint density at radius 3 is 3.00 bits per heavy atom. The Hall–Kier alpha value is -2.95. The maximum absolute atomic E-state index is 4.44. The standard InChI is InChI=1S/C17H15N5/c1-22(17-15-6-8-19-16(15)20-11-21-17)10-13-4-2-3-12-9-18-7-5-14(12)13/h2-9,11H,10H2,1H3,(H,19,20,21). The topological polar surface area (TPSA) is 57.7 Å². The normalized spacial score (nSPS) is 11.1. The van der Waals surface area contributed by atoms with Crippen LogP contribution in [0.4, 0.5) is 5.82 Å². The molecule has 5 heteroatoms. The van der Waals surface area contributed by atoms with Gasteiger partial charge in [0, 0.05) is 37.6 Å². The van der Waals surface area contributed by atoms with Gasteiger partial charge in [-0.05, 0) is 23.1 Å². The minimum atomic E-state index is 0.776. The van der Waals surface area contributed by atoms with Crippen LogP contribution >= 0.6 is 0 Å². The zero-order chi connectivity index (χ0) is 14.9. The fraction of sp³-hybridized carbons (Fsp3) is 0.118. The highest BCUT2D eigenvalue weighted by Gasteiger charge is 2.11. The van der Waals surface area contributed by atoms with Crippen LogP contribution in [0.5, 0.6) is 0 Å². The largest absolute Gasteiger partial charge is 0.355 e. The molecule has 0 radical (unpaired) electrons.